The van der Waals surface area contributed by atoms with Gasteiger partial charge < -0.3 is 10.6 Å². The van der Waals surface area contributed by atoms with E-state index in [0.29, 0.717) is 5.69 Å². The quantitative estimate of drug-likeness (QED) is 0.768. The average molecular weight is 349 g/mol. The molecule has 1 aromatic carbocycles. The SMILES string of the molecule is Cl.O=C(NC(=O)[C@@H]1CCCN1)Nc1cccc(Br)c1. The van der Waals surface area contributed by atoms with Gasteiger partial charge >= 0.3 is 6.03 Å². The Bertz CT molecular complexity index is 464. The molecule has 104 valence electrons. The van der Waals surface area contributed by atoms with Crippen LogP contribution in [0.1, 0.15) is 12.8 Å². The third-order valence-corrected chi connectivity index (χ3v) is 3.19. The molecule has 3 N–H and O–H groups in total. The fourth-order valence-electron chi connectivity index (χ4n) is 1.84. The lowest BCUT2D eigenvalue weighted by molar-refractivity contribution is -0.121. The lowest BCUT2D eigenvalue weighted by Gasteiger charge is -2.11. The van der Waals surface area contributed by atoms with Crippen molar-refractivity contribution in [1.29, 1.82) is 0 Å². The Kier molecular flexibility index (Phi) is 6.27. The summed E-state index contributed by atoms with van der Waals surface area (Å²) in [6.07, 6.45) is 1.74. The lowest BCUT2D eigenvalue weighted by Crippen LogP contribution is -2.44. The van der Waals surface area contributed by atoms with Gasteiger partial charge in [0, 0.05) is 10.2 Å². The summed E-state index contributed by atoms with van der Waals surface area (Å²) in [5, 5.41) is 7.97. The first-order valence-corrected chi connectivity index (χ1v) is 6.55. The summed E-state index contributed by atoms with van der Waals surface area (Å²) >= 11 is 3.31. The highest BCUT2D eigenvalue weighted by Gasteiger charge is 2.23. The van der Waals surface area contributed by atoms with Crippen LogP contribution < -0.4 is 16.0 Å². The average Bonchev–Trinajstić information content (AvgIpc) is 2.81. The third kappa shape index (κ3) is 4.81. The molecular weight excluding hydrogens is 334 g/mol. The number of imide groups is 1. The zero-order chi connectivity index (χ0) is 13.0. The second kappa shape index (κ2) is 7.47. The van der Waals surface area contributed by atoms with Crippen LogP contribution in [0.5, 0.6) is 0 Å². The van der Waals surface area contributed by atoms with Crippen molar-refractivity contribution in [2.24, 2.45) is 0 Å². The monoisotopic (exact) mass is 347 g/mol. The fourth-order valence-corrected chi connectivity index (χ4v) is 2.24. The van der Waals surface area contributed by atoms with E-state index in [2.05, 4.69) is 31.9 Å². The first kappa shape index (κ1) is 15.9. The maximum absolute atomic E-state index is 11.7. The van der Waals surface area contributed by atoms with E-state index in [0.717, 1.165) is 23.9 Å². The molecule has 1 aliphatic rings. The molecule has 1 atom stereocenters. The summed E-state index contributed by atoms with van der Waals surface area (Å²) in [5.74, 6) is -0.278. The molecule has 1 heterocycles. The van der Waals surface area contributed by atoms with Crippen molar-refractivity contribution in [3.05, 3.63) is 28.7 Å². The molecule has 19 heavy (non-hydrogen) atoms. The van der Waals surface area contributed by atoms with Crippen molar-refractivity contribution in [3.8, 4) is 0 Å². The molecule has 1 aliphatic heterocycles. The molecule has 0 unspecified atom stereocenters. The highest BCUT2D eigenvalue weighted by Crippen LogP contribution is 2.15. The second-order valence-corrected chi connectivity index (χ2v) is 5.02. The van der Waals surface area contributed by atoms with E-state index in [9.17, 15) is 9.59 Å². The molecule has 3 amide bonds. The topological polar surface area (TPSA) is 70.2 Å². The molecule has 5 nitrogen and oxygen atoms in total. The van der Waals surface area contributed by atoms with Gasteiger partial charge in [0.15, 0.2) is 0 Å². The maximum atomic E-state index is 11.7. The van der Waals surface area contributed by atoms with E-state index in [1.54, 1.807) is 18.2 Å². The zero-order valence-corrected chi connectivity index (χ0v) is 12.5. The van der Waals surface area contributed by atoms with Crippen LogP contribution in [0.15, 0.2) is 28.7 Å². The highest BCUT2D eigenvalue weighted by atomic mass is 79.9. The van der Waals surface area contributed by atoms with Crippen molar-refractivity contribution < 1.29 is 9.59 Å². The minimum absolute atomic E-state index is 0. The highest BCUT2D eigenvalue weighted by molar-refractivity contribution is 9.10. The van der Waals surface area contributed by atoms with E-state index in [1.807, 2.05) is 6.07 Å². The summed E-state index contributed by atoms with van der Waals surface area (Å²) in [5.41, 5.74) is 0.633. The summed E-state index contributed by atoms with van der Waals surface area (Å²) < 4.78 is 0.865. The first-order chi connectivity index (χ1) is 8.65. The van der Waals surface area contributed by atoms with Gasteiger partial charge in [-0.15, -0.1) is 12.4 Å². The minimum atomic E-state index is -0.508. The zero-order valence-electron chi connectivity index (χ0n) is 10.1. The minimum Gasteiger partial charge on any atom is -0.308 e. The van der Waals surface area contributed by atoms with Gasteiger partial charge in [-0.1, -0.05) is 22.0 Å². The number of benzene rings is 1. The Morgan fingerprint density at radius 1 is 1.37 bits per heavy atom. The first-order valence-electron chi connectivity index (χ1n) is 5.76. The number of rotatable bonds is 2. The third-order valence-electron chi connectivity index (χ3n) is 2.70. The Morgan fingerprint density at radius 2 is 2.16 bits per heavy atom. The molecule has 2 rings (SSSR count). The van der Waals surface area contributed by atoms with E-state index >= 15 is 0 Å². The number of anilines is 1. The Hall–Kier alpha value is -1.11. The van der Waals surface area contributed by atoms with Crippen LogP contribution in [-0.4, -0.2) is 24.5 Å². The van der Waals surface area contributed by atoms with Crippen molar-refractivity contribution in [2.45, 2.75) is 18.9 Å². The number of carbonyl (C=O) groups excluding carboxylic acids is 2. The number of nitrogens with one attached hydrogen (secondary N) is 3. The molecule has 0 radical (unpaired) electrons. The van der Waals surface area contributed by atoms with Crippen LogP contribution in [0.2, 0.25) is 0 Å². The Morgan fingerprint density at radius 3 is 2.79 bits per heavy atom. The number of hydrogen-bond donors (Lipinski definition) is 3. The molecule has 0 spiro atoms. The van der Waals surface area contributed by atoms with Crippen molar-refractivity contribution in [1.82, 2.24) is 10.6 Å². The van der Waals surface area contributed by atoms with Crippen LogP contribution in [0.3, 0.4) is 0 Å². The molecule has 0 aromatic heterocycles. The Labute approximate surface area is 126 Å². The summed E-state index contributed by atoms with van der Waals surface area (Å²) in [4.78, 5) is 23.3. The normalized spacial score (nSPS) is 17.4. The van der Waals surface area contributed by atoms with Gasteiger partial charge in [-0.05, 0) is 37.6 Å². The smallest absolute Gasteiger partial charge is 0.308 e. The summed E-state index contributed by atoms with van der Waals surface area (Å²) in [6, 6.07) is 6.42. The van der Waals surface area contributed by atoms with Gasteiger partial charge in [0.05, 0.1) is 6.04 Å². The standard InChI is InChI=1S/C12H14BrN3O2.ClH/c13-8-3-1-4-9(7-8)15-12(18)16-11(17)10-5-2-6-14-10;/h1,3-4,7,10,14H,2,5-6H2,(H2,15,16,17,18);1H/t10-;/m0./s1. The van der Waals surface area contributed by atoms with Crippen LogP contribution in [0.25, 0.3) is 0 Å². The molecule has 0 bridgehead atoms. The molecule has 0 aliphatic carbocycles. The molecule has 7 heteroatoms. The van der Waals surface area contributed by atoms with Gasteiger partial charge in [-0.25, -0.2) is 4.79 Å². The number of carbonyl (C=O) groups is 2. The lowest BCUT2D eigenvalue weighted by atomic mass is 10.2. The molecule has 0 saturated carbocycles. The van der Waals surface area contributed by atoms with Crippen molar-refractivity contribution in [2.75, 3.05) is 11.9 Å². The second-order valence-electron chi connectivity index (χ2n) is 4.10. The van der Waals surface area contributed by atoms with E-state index in [-0.39, 0.29) is 24.4 Å². The van der Waals surface area contributed by atoms with Gasteiger partial charge in [0.2, 0.25) is 5.91 Å². The van der Waals surface area contributed by atoms with Crippen molar-refractivity contribution >= 4 is 46.0 Å². The Balaban J connectivity index is 0.00000180. The predicted octanol–water partition coefficient (Wildman–Crippen LogP) is 2.27. The van der Waals surface area contributed by atoms with Crippen LogP contribution in [0.4, 0.5) is 10.5 Å². The number of urea groups is 1. The van der Waals surface area contributed by atoms with Crippen molar-refractivity contribution in [3.63, 3.8) is 0 Å². The molecular formula is C12H15BrClN3O2. The van der Waals surface area contributed by atoms with Gasteiger partial charge in [0.1, 0.15) is 0 Å². The van der Waals surface area contributed by atoms with Gasteiger partial charge in [-0.2, -0.15) is 0 Å². The van der Waals surface area contributed by atoms with Gasteiger partial charge in [0.25, 0.3) is 0 Å². The maximum Gasteiger partial charge on any atom is 0.325 e. The summed E-state index contributed by atoms with van der Waals surface area (Å²) in [7, 11) is 0. The number of amides is 3. The van der Waals surface area contributed by atoms with Crippen LogP contribution >= 0.6 is 28.3 Å². The van der Waals surface area contributed by atoms with Crippen LogP contribution in [-0.2, 0) is 4.79 Å². The van der Waals surface area contributed by atoms with Gasteiger partial charge in [-0.3, -0.25) is 10.1 Å². The van der Waals surface area contributed by atoms with E-state index < -0.39 is 6.03 Å². The molecule has 1 fully saturated rings. The molecule has 1 aromatic rings. The van der Waals surface area contributed by atoms with E-state index in [4.69, 9.17) is 0 Å². The van der Waals surface area contributed by atoms with Crippen LogP contribution in [0, 0.1) is 0 Å². The fraction of sp³-hybridized carbons (Fsp3) is 0.333. The largest absolute Gasteiger partial charge is 0.325 e. The number of halogens is 2. The number of hydrogen-bond acceptors (Lipinski definition) is 3. The van der Waals surface area contributed by atoms with E-state index in [1.165, 1.54) is 0 Å². The summed E-state index contributed by atoms with van der Waals surface area (Å²) in [6.45, 7) is 0.825. The molecule has 1 saturated heterocycles. The predicted molar refractivity (Wildman–Crippen MR) is 79.6 cm³/mol.